The van der Waals surface area contributed by atoms with Crippen LogP contribution >= 0.6 is 0 Å². The number of aryl methyl sites for hydroxylation is 2. The molecule has 0 aromatic heterocycles. The van der Waals surface area contributed by atoms with Gasteiger partial charge in [0.15, 0.2) is 0 Å². The lowest BCUT2D eigenvalue weighted by molar-refractivity contribution is -0.123. The number of rotatable bonds is 4. The van der Waals surface area contributed by atoms with Crippen molar-refractivity contribution in [2.24, 2.45) is 5.92 Å². The number of benzene rings is 2. The van der Waals surface area contributed by atoms with E-state index in [1.807, 2.05) is 6.07 Å². The molecule has 0 saturated carbocycles. The van der Waals surface area contributed by atoms with Gasteiger partial charge in [-0.15, -0.1) is 0 Å². The fourth-order valence-electron chi connectivity index (χ4n) is 4.34. The highest BCUT2D eigenvalue weighted by molar-refractivity contribution is 7.89. The molecule has 0 atom stereocenters. The number of halogens is 2. The fourth-order valence-corrected chi connectivity index (χ4v) is 5.86. The van der Waals surface area contributed by atoms with E-state index in [4.69, 9.17) is 0 Å². The molecule has 160 valence electrons. The van der Waals surface area contributed by atoms with Crippen molar-refractivity contribution in [3.63, 3.8) is 0 Å². The van der Waals surface area contributed by atoms with Crippen LogP contribution in [0.15, 0.2) is 41.3 Å². The maximum Gasteiger partial charge on any atom is 0.243 e. The maximum absolute atomic E-state index is 14.0. The van der Waals surface area contributed by atoms with Gasteiger partial charge in [-0.2, -0.15) is 4.31 Å². The van der Waals surface area contributed by atoms with Gasteiger partial charge in [-0.1, -0.05) is 6.07 Å². The Morgan fingerprint density at radius 3 is 2.47 bits per heavy atom. The van der Waals surface area contributed by atoms with Crippen LogP contribution in [-0.2, 0) is 27.7 Å². The topological polar surface area (TPSA) is 57.7 Å². The molecule has 0 bridgehead atoms. The second kappa shape index (κ2) is 8.07. The quantitative estimate of drug-likeness (QED) is 0.740. The van der Waals surface area contributed by atoms with Crippen molar-refractivity contribution < 1.29 is 22.0 Å². The SMILES string of the molecule is CN(C(=O)C1CCN(S(=O)(=O)c2ccc3c(c2)CCC3)CC1)c1cc(F)ccc1F. The average molecular weight is 435 g/mol. The molecule has 4 rings (SSSR count). The van der Waals surface area contributed by atoms with Gasteiger partial charge in [0.1, 0.15) is 11.6 Å². The predicted molar refractivity (Wildman–Crippen MR) is 110 cm³/mol. The van der Waals surface area contributed by atoms with Gasteiger partial charge in [0, 0.05) is 32.1 Å². The van der Waals surface area contributed by atoms with E-state index >= 15 is 0 Å². The molecule has 5 nitrogen and oxygen atoms in total. The summed E-state index contributed by atoms with van der Waals surface area (Å²) in [5.74, 6) is -2.08. The average Bonchev–Trinajstić information content (AvgIpc) is 3.22. The van der Waals surface area contributed by atoms with Gasteiger partial charge in [0.2, 0.25) is 15.9 Å². The van der Waals surface area contributed by atoms with Crippen LogP contribution in [0, 0.1) is 17.6 Å². The molecule has 2 aromatic rings. The first-order valence-corrected chi connectivity index (χ1v) is 11.6. The van der Waals surface area contributed by atoms with E-state index < -0.39 is 27.6 Å². The number of piperidine rings is 1. The smallest absolute Gasteiger partial charge is 0.243 e. The largest absolute Gasteiger partial charge is 0.312 e. The molecule has 0 spiro atoms. The lowest BCUT2D eigenvalue weighted by Crippen LogP contribution is -2.43. The molecule has 2 aliphatic rings. The van der Waals surface area contributed by atoms with E-state index in [9.17, 15) is 22.0 Å². The second-order valence-electron chi connectivity index (χ2n) is 7.96. The zero-order chi connectivity index (χ0) is 21.5. The second-order valence-corrected chi connectivity index (χ2v) is 9.89. The normalized spacial score (nSPS) is 17.7. The van der Waals surface area contributed by atoms with Crippen LogP contribution in [0.3, 0.4) is 0 Å². The minimum atomic E-state index is -3.62. The summed E-state index contributed by atoms with van der Waals surface area (Å²) in [6, 6.07) is 8.31. The predicted octanol–water partition coefficient (Wildman–Crippen LogP) is 3.52. The van der Waals surface area contributed by atoms with Crippen LogP contribution in [0.5, 0.6) is 0 Å². The van der Waals surface area contributed by atoms with E-state index in [2.05, 4.69) is 0 Å². The summed E-state index contributed by atoms with van der Waals surface area (Å²) in [7, 11) is -2.21. The molecule has 1 saturated heterocycles. The number of hydrogen-bond acceptors (Lipinski definition) is 3. The van der Waals surface area contributed by atoms with Crippen LogP contribution in [0.25, 0.3) is 0 Å². The van der Waals surface area contributed by atoms with Gasteiger partial charge in [-0.25, -0.2) is 17.2 Å². The molecule has 8 heteroatoms. The van der Waals surface area contributed by atoms with E-state index in [0.717, 1.165) is 47.9 Å². The molecule has 1 heterocycles. The Morgan fingerprint density at radius 1 is 1.03 bits per heavy atom. The third-order valence-electron chi connectivity index (χ3n) is 6.11. The Morgan fingerprint density at radius 2 is 1.73 bits per heavy atom. The summed E-state index contributed by atoms with van der Waals surface area (Å²) in [5.41, 5.74) is 2.19. The lowest BCUT2D eigenvalue weighted by Gasteiger charge is -2.32. The Balaban J connectivity index is 1.44. The Kier molecular flexibility index (Phi) is 5.63. The molecule has 2 aromatic carbocycles. The van der Waals surface area contributed by atoms with Crippen LogP contribution in [-0.4, -0.2) is 38.8 Å². The van der Waals surface area contributed by atoms with E-state index in [1.165, 1.54) is 16.9 Å². The van der Waals surface area contributed by atoms with E-state index in [-0.39, 0.29) is 24.7 Å². The summed E-state index contributed by atoms with van der Waals surface area (Å²) in [5, 5.41) is 0. The molecule has 1 aliphatic carbocycles. The molecular formula is C22H24F2N2O3S. The highest BCUT2D eigenvalue weighted by Crippen LogP contribution is 2.30. The first kappa shape index (κ1) is 20.9. The van der Waals surface area contributed by atoms with Crippen LogP contribution < -0.4 is 4.90 Å². The Hall–Kier alpha value is -2.32. The summed E-state index contributed by atoms with van der Waals surface area (Å²) in [6.45, 7) is 0.435. The molecule has 0 unspecified atom stereocenters. The summed E-state index contributed by atoms with van der Waals surface area (Å²) in [4.78, 5) is 14.2. The van der Waals surface area contributed by atoms with Crippen LogP contribution in [0.2, 0.25) is 0 Å². The standard InChI is InChI=1S/C22H24F2N2O3S/c1-25(21-14-18(23)6-8-20(21)24)22(27)16-9-11-26(12-10-16)30(28,29)19-7-5-15-3-2-4-17(15)13-19/h5-8,13-14,16H,2-4,9-12H2,1H3. The lowest BCUT2D eigenvalue weighted by atomic mass is 9.96. The van der Waals surface area contributed by atoms with Gasteiger partial charge in [-0.05, 0) is 67.5 Å². The first-order chi connectivity index (χ1) is 14.3. The number of nitrogens with zero attached hydrogens (tertiary/aromatic N) is 2. The van der Waals surface area contributed by atoms with Crippen molar-refractivity contribution in [2.75, 3.05) is 25.0 Å². The maximum atomic E-state index is 14.0. The monoisotopic (exact) mass is 434 g/mol. The molecule has 0 N–H and O–H groups in total. The van der Waals surface area contributed by atoms with Gasteiger partial charge >= 0.3 is 0 Å². The first-order valence-electron chi connectivity index (χ1n) is 10.1. The van der Waals surface area contributed by atoms with Crippen molar-refractivity contribution in [3.8, 4) is 0 Å². The number of carbonyl (C=O) groups excluding carboxylic acids is 1. The molecule has 1 aliphatic heterocycles. The minimum absolute atomic E-state index is 0.117. The van der Waals surface area contributed by atoms with Crippen molar-refractivity contribution >= 4 is 21.6 Å². The zero-order valence-corrected chi connectivity index (χ0v) is 17.6. The number of anilines is 1. The zero-order valence-electron chi connectivity index (χ0n) is 16.8. The molecular weight excluding hydrogens is 410 g/mol. The van der Waals surface area contributed by atoms with E-state index in [1.54, 1.807) is 12.1 Å². The highest BCUT2D eigenvalue weighted by Gasteiger charge is 2.34. The van der Waals surface area contributed by atoms with Gasteiger partial charge in [-0.3, -0.25) is 4.79 Å². The number of hydrogen-bond donors (Lipinski definition) is 0. The molecule has 1 fully saturated rings. The van der Waals surface area contributed by atoms with Gasteiger partial charge in [0.05, 0.1) is 10.6 Å². The number of carbonyl (C=O) groups is 1. The van der Waals surface area contributed by atoms with Crippen molar-refractivity contribution in [2.45, 2.75) is 37.0 Å². The number of fused-ring (bicyclic) bond motifs is 1. The highest BCUT2D eigenvalue weighted by atomic mass is 32.2. The summed E-state index contributed by atoms with van der Waals surface area (Å²) >= 11 is 0. The third-order valence-corrected chi connectivity index (χ3v) is 8.01. The minimum Gasteiger partial charge on any atom is -0.312 e. The van der Waals surface area contributed by atoms with E-state index in [0.29, 0.717) is 17.7 Å². The molecule has 1 amide bonds. The molecule has 30 heavy (non-hydrogen) atoms. The Labute approximate surface area is 175 Å². The number of sulfonamides is 1. The molecule has 0 radical (unpaired) electrons. The van der Waals surface area contributed by atoms with Crippen LogP contribution in [0.4, 0.5) is 14.5 Å². The fraction of sp³-hybridized carbons (Fsp3) is 0.409. The summed E-state index contributed by atoms with van der Waals surface area (Å²) < 4.78 is 55.0. The van der Waals surface area contributed by atoms with Gasteiger partial charge < -0.3 is 4.90 Å². The van der Waals surface area contributed by atoms with Crippen molar-refractivity contribution in [1.29, 1.82) is 0 Å². The third kappa shape index (κ3) is 3.86. The van der Waals surface area contributed by atoms with Crippen molar-refractivity contribution in [1.82, 2.24) is 4.31 Å². The van der Waals surface area contributed by atoms with Crippen molar-refractivity contribution in [3.05, 3.63) is 59.2 Å². The van der Waals surface area contributed by atoms with Crippen LogP contribution in [0.1, 0.15) is 30.4 Å². The summed E-state index contributed by atoms with van der Waals surface area (Å²) in [6.07, 6.45) is 3.61. The Bertz CT molecular complexity index is 1080. The van der Waals surface area contributed by atoms with Gasteiger partial charge in [0.25, 0.3) is 0 Å². The number of amides is 1.